The maximum absolute atomic E-state index is 5.93. The van der Waals surface area contributed by atoms with E-state index in [-0.39, 0.29) is 0 Å². The predicted octanol–water partition coefficient (Wildman–Crippen LogP) is 3.12. The van der Waals surface area contributed by atoms with Gasteiger partial charge in [0.1, 0.15) is 0 Å². The van der Waals surface area contributed by atoms with E-state index >= 15 is 0 Å². The van der Waals surface area contributed by atoms with Crippen molar-refractivity contribution in [1.82, 2.24) is 5.32 Å². The fraction of sp³-hybridized carbons (Fsp3) is 0.455. The summed E-state index contributed by atoms with van der Waals surface area (Å²) in [7, 11) is 0. The first-order valence-corrected chi connectivity index (χ1v) is 5.85. The number of nitrogens with two attached hydrogens (primary N) is 1. The second kappa shape index (κ2) is 6.21. The van der Waals surface area contributed by atoms with E-state index in [0.717, 1.165) is 31.5 Å². The molecule has 0 saturated heterocycles. The van der Waals surface area contributed by atoms with Gasteiger partial charge in [-0.15, -0.1) is 0 Å². The Balaban J connectivity index is 2.55. The van der Waals surface area contributed by atoms with Crippen molar-refractivity contribution in [2.45, 2.75) is 19.8 Å². The Morgan fingerprint density at radius 3 is 2.33 bits per heavy atom. The van der Waals surface area contributed by atoms with E-state index in [1.54, 1.807) is 0 Å². The summed E-state index contributed by atoms with van der Waals surface area (Å²) in [5.74, 6) is 0. The molecule has 0 radical (unpaired) electrons. The molecule has 0 spiro atoms. The van der Waals surface area contributed by atoms with Crippen LogP contribution >= 0.6 is 23.2 Å². The Morgan fingerprint density at radius 1 is 1.20 bits per heavy atom. The van der Waals surface area contributed by atoms with Gasteiger partial charge in [-0.05, 0) is 43.6 Å². The van der Waals surface area contributed by atoms with Gasteiger partial charge >= 0.3 is 0 Å². The van der Waals surface area contributed by atoms with Crippen molar-refractivity contribution in [1.29, 1.82) is 0 Å². The summed E-state index contributed by atoms with van der Waals surface area (Å²) in [6.45, 7) is 4.12. The lowest BCUT2D eigenvalue weighted by atomic mass is 10.1. The SMILES string of the molecule is CCCNCCc1cc(Cl)c(N)c(Cl)c1. The zero-order valence-corrected chi connectivity index (χ0v) is 10.3. The zero-order chi connectivity index (χ0) is 11.3. The van der Waals surface area contributed by atoms with Gasteiger partial charge in [0.25, 0.3) is 0 Å². The molecule has 0 bridgehead atoms. The van der Waals surface area contributed by atoms with Crippen LogP contribution in [0.2, 0.25) is 10.0 Å². The highest BCUT2D eigenvalue weighted by Gasteiger charge is 2.04. The fourth-order valence-corrected chi connectivity index (χ4v) is 1.85. The normalized spacial score (nSPS) is 10.6. The van der Waals surface area contributed by atoms with Gasteiger partial charge in [0, 0.05) is 0 Å². The van der Waals surface area contributed by atoms with Gasteiger partial charge in [0.05, 0.1) is 15.7 Å². The van der Waals surface area contributed by atoms with Crippen LogP contribution in [-0.4, -0.2) is 13.1 Å². The third kappa shape index (κ3) is 3.90. The van der Waals surface area contributed by atoms with Crippen LogP contribution in [0.15, 0.2) is 12.1 Å². The fourth-order valence-electron chi connectivity index (χ4n) is 1.32. The minimum absolute atomic E-state index is 0.462. The summed E-state index contributed by atoms with van der Waals surface area (Å²) in [6.07, 6.45) is 2.06. The maximum Gasteiger partial charge on any atom is 0.0693 e. The maximum atomic E-state index is 5.93. The Morgan fingerprint density at radius 2 is 1.80 bits per heavy atom. The Hall–Kier alpha value is -0.440. The molecule has 0 fully saturated rings. The van der Waals surface area contributed by atoms with Gasteiger partial charge in [-0.3, -0.25) is 0 Å². The summed E-state index contributed by atoms with van der Waals surface area (Å²) in [5, 5.41) is 4.39. The molecule has 15 heavy (non-hydrogen) atoms. The van der Waals surface area contributed by atoms with Crippen molar-refractivity contribution in [3.8, 4) is 0 Å². The third-order valence-corrected chi connectivity index (χ3v) is 2.78. The van der Waals surface area contributed by atoms with Crippen LogP contribution in [0.4, 0.5) is 5.69 Å². The van der Waals surface area contributed by atoms with E-state index in [1.807, 2.05) is 12.1 Å². The molecule has 0 aromatic heterocycles. The van der Waals surface area contributed by atoms with Gasteiger partial charge in [0.15, 0.2) is 0 Å². The topological polar surface area (TPSA) is 38.0 Å². The van der Waals surface area contributed by atoms with Crippen LogP contribution in [0.1, 0.15) is 18.9 Å². The Kier molecular flexibility index (Phi) is 5.23. The van der Waals surface area contributed by atoms with Crippen LogP contribution in [-0.2, 0) is 6.42 Å². The number of nitrogen functional groups attached to an aromatic ring is 1. The van der Waals surface area contributed by atoms with Crippen LogP contribution in [0, 0.1) is 0 Å². The monoisotopic (exact) mass is 246 g/mol. The minimum Gasteiger partial charge on any atom is -0.396 e. The second-order valence-corrected chi connectivity index (χ2v) is 4.29. The predicted molar refractivity (Wildman–Crippen MR) is 67.7 cm³/mol. The molecule has 84 valence electrons. The molecular formula is C11H16Cl2N2. The van der Waals surface area contributed by atoms with Crippen molar-refractivity contribution in [3.05, 3.63) is 27.7 Å². The van der Waals surface area contributed by atoms with Crippen LogP contribution < -0.4 is 11.1 Å². The smallest absolute Gasteiger partial charge is 0.0693 e. The number of halogens is 2. The summed E-state index contributed by atoms with van der Waals surface area (Å²) in [5.41, 5.74) is 7.22. The van der Waals surface area contributed by atoms with E-state index in [9.17, 15) is 0 Å². The van der Waals surface area contributed by atoms with Crippen LogP contribution in [0.3, 0.4) is 0 Å². The number of benzene rings is 1. The molecule has 1 aromatic rings. The van der Waals surface area contributed by atoms with Crippen molar-refractivity contribution in [2.75, 3.05) is 18.8 Å². The summed E-state index contributed by atoms with van der Waals surface area (Å²) >= 11 is 11.9. The molecule has 0 amide bonds. The van der Waals surface area contributed by atoms with E-state index in [2.05, 4.69) is 12.2 Å². The number of hydrogen-bond donors (Lipinski definition) is 2. The average Bonchev–Trinajstić information content (AvgIpc) is 2.21. The van der Waals surface area contributed by atoms with Crippen LogP contribution in [0.25, 0.3) is 0 Å². The molecule has 3 N–H and O–H groups in total. The molecule has 0 unspecified atom stereocenters. The van der Waals surface area contributed by atoms with Crippen molar-refractivity contribution in [2.24, 2.45) is 0 Å². The van der Waals surface area contributed by atoms with E-state index in [4.69, 9.17) is 28.9 Å². The molecule has 1 aromatic carbocycles. The summed E-state index contributed by atoms with van der Waals surface area (Å²) < 4.78 is 0. The number of nitrogens with one attached hydrogen (secondary N) is 1. The lowest BCUT2D eigenvalue weighted by Gasteiger charge is -2.07. The van der Waals surface area contributed by atoms with Gasteiger partial charge in [-0.1, -0.05) is 30.1 Å². The van der Waals surface area contributed by atoms with Gasteiger partial charge < -0.3 is 11.1 Å². The highest BCUT2D eigenvalue weighted by atomic mass is 35.5. The van der Waals surface area contributed by atoms with Crippen molar-refractivity contribution < 1.29 is 0 Å². The second-order valence-electron chi connectivity index (χ2n) is 3.47. The third-order valence-electron chi connectivity index (χ3n) is 2.16. The largest absolute Gasteiger partial charge is 0.396 e. The lowest BCUT2D eigenvalue weighted by molar-refractivity contribution is 0.671. The van der Waals surface area contributed by atoms with E-state index < -0.39 is 0 Å². The van der Waals surface area contributed by atoms with Gasteiger partial charge in [0.2, 0.25) is 0 Å². The van der Waals surface area contributed by atoms with E-state index in [1.165, 1.54) is 0 Å². The molecule has 1 rings (SSSR count). The molecule has 0 saturated carbocycles. The quantitative estimate of drug-likeness (QED) is 0.619. The van der Waals surface area contributed by atoms with Crippen molar-refractivity contribution >= 4 is 28.9 Å². The summed E-state index contributed by atoms with van der Waals surface area (Å²) in [4.78, 5) is 0. The Bertz CT molecular complexity index is 303. The van der Waals surface area contributed by atoms with Crippen molar-refractivity contribution in [3.63, 3.8) is 0 Å². The summed E-state index contributed by atoms with van der Waals surface area (Å²) in [6, 6.07) is 3.74. The molecule has 0 atom stereocenters. The van der Waals surface area contributed by atoms with E-state index in [0.29, 0.717) is 15.7 Å². The minimum atomic E-state index is 0.462. The average molecular weight is 247 g/mol. The number of rotatable bonds is 5. The Labute approximate surface area is 101 Å². The molecule has 0 heterocycles. The molecule has 0 aliphatic carbocycles. The molecule has 4 heteroatoms. The van der Waals surface area contributed by atoms with Gasteiger partial charge in [-0.2, -0.15) is 0 Å². The van der Waals surface area contributed by atoms with Crippen LogP contribution in [0.5, 0.6) is 0 Å². The molecule has 2 nitrogen and oxygen atoms in total. The first-order chi connectivity index (χ1) is 7.15. The first-order valence-electron chi connectivity index (χ1n) is 5.09. The molecule has 0 aliphatic rings. The molecule has 0 aliphatic heterocycles. The van der Waals surface area contributed by atoms with Gasteiger partial charge in [-0.25, -0.2) is 0 Å². The highest BCUT2D eigenvalue weighted by molar-refractivity contribution is 6.38. The zero-order valence-electron chi connectivity index (χ0n) is 8.82. The lowest BCUT2D eigenvalue weighted by Crippen LogP contribution is -2.17. The molecular weight excluding hydrogens is 231 g/mol. The number of anilines is 1. The number of hydrogen-bond acceptors (Lipinski definition) is 2. The first kappa shape index (κ1) is 12.6. The highest BCUT2D eigenvalue weighted by Crippen LogP contribution is 2.28. The standard InChI is InChI=1S/C11H16Cl2N2/c1-2-4-15-5-3-8-6-9(12)11(14)10(13)7-8/h6-7,15H,2-5,14H2,1H3.